The quantitative estimate of drug-likeness (QED) is 0.457. The molecule has 0 unspecified atom stereocenters. The minimum absolute atomic E-state index is 0.0122. The van der Waals surface area contributed by atoms with E-state index >= 15 is 0 Å². The summed E-state index contributed by atoms with van der Waals surface area (Å²) in [5, 5.41) is 6.32. The molecule has 0 aliphatic heterocycles. The van der Waals surface area contributed by atoms with Crippen LogP contribution in [0.1, 0.15) is 32.9 Å². The van der Waals surface area contributed by atoms with Gasteiger partial charge in [-0.25, -0.2) is 0 Å². The van der Waals surface area contributed by atoms with Gasteiger partial charge in [0.1, 0.15) is 12.4 Å². The minimum atomic E-state index is -4.55. The number of hydrogen-bond donors (Lipinski definition) is 1. The Bertz CT molecular complexity index is 1090. The number of rotatable bonds is 6. The molecule has 0 spiro atoms. The van der Waals surface area contributed by atoms with Gasteiger partial charge in [-0.2, -0.15) is 13.2 Å². The molecule has 6 nitrogen and oxygen atoms in total. The molecule has 0 fully saturated rings. The van der Waals surface area contributed by atoms with Crippen LogP contribution in [0.3, 0.4) is 0 Å². The smallest absolute Gasteiger partial charge is 0.417 e. The number of anilines is 1. The van der Waals surface area contributed by atoms with Crippen LogP contribution in [0, 0.1) is 13.8 Å². The van der Waals surface area contributed by atoms with Gasteiger partial charge in [0.15, 0.2) is 11.5 Å². The van der Waals surface area contributed by atoms with Crippen LogP contribution >= 0.6 is 15.9 Å². The summed E-state index contributed by atoms with van der Waals surface area (Å²) in [7, 11) is 1.42. The summed E-state index contributed by atoms with van der Waals surface area (Å²) < 4.78 is 55.3. The molecule has 3 aromatic rings. The number of aryl methyl sites for hydroxylation is 2. The molecule has 2 aromatic carbocycles. The Morgan fingerprint density at radius 1 is 1.16 bits per heavy atom. The van der Waals surface area contributed by atoms with Crippen LogP contribution < -0.4 is 14.8 Å². The number of alkyl halides is 3. The molecule has 0 aliphatic carbocycles. The largest absolute Gasteiger partial charge is 0.493 e. The number of methoxy groups -OCH3 is 1. The topological polar surface area (TPSA) is 73.6 Å². The van der Waals surface area contributed by atoms with Crippen LogP contribution in [0.5, 0.6) is 11.5 Å². The van der Waals surface area contributed by atoms with E-state index in [1.165, 1.54) is 31.4 Å². The molecular formula is C21H18BrF3N2O4. The van der Waals surface area contributed by atoms with Crippen LogP contribution in [0.25, 0.3) is 0 Å². The summed E-state index contributed by atoms with van der Waals surface area (Å²) in [6.45, 7) is 3.77. The number of halogens is 4. The second-order valence-electron chi connectivity index (χ2n) is 6.60. The number of aromatic nitrogens is 1. The van der Waals surface area contributed by atoms with Crippen molar-refractivity contribution in [3.05, 3.63) is 69.0 Å². The number of hydrogen-bond acceptors (Lipinski definition) is 5. The summed E-state index contributed by atoms with van der Waals surface area (Å²) in [5.41, 5.74) is 0.835. The molecule has 0 radical (unpaired) electrons. The number of benzene rings is 2. The van der Waals surface area contributed by atoms with Crippen molar-refractivity contribution in [3.63, 3.8) is 0 Å². The van der Waals surface area contributed by atoms with Crippen molar-refractivity contribution >= 4 is 27.5 Å². The van der Waals surface area contributed by atoms with E-state index in [1.807, 2.05) is 0 Å². The number of carbonyl (C=O) groups excluding carboxylic acids is 1. The summed E-state index contributed by atoms with van der Waals surface area (Å²) in [5.74, 6) is 0.736. The lowest BCUT2D eigenvalue weighted by Crippen LogP contribution is -2.14. The van der Waals surface area contributed by atoms with E-state index in [1.54, 1.807) is 19.9 Å². The molecule has 1 amide bonds. The van der Waals surface area contributed by atoms with Crippen molar-refractivity contribution in [1.82, 2.24) is 5.16 Å². The van der Waals surface area contributed by atoms with Crippen molar-refractivity contribution in [3.8, 4) is 11.5 Å². The van der Waals surface area contributed by atoms with E-state index in [-0.39, 0.29) is 22.3 Å². The fraction of sp³-hybridized carbons (Fsp3) is 0.238. The summed E-state index contributed by atoms with van der Waals surface area (Å²) in [4.78, 5) is 12.6. The van der Waals surface area contributed by atoms with E-state index in [4.69, 9.17) is 14.0 Å². The fourth-order valence-electron chi connectivity index (χ4n) is 2.81. The Morgan fingerprint density at radius 3 is 2.52 bits per heavy atom. The lowest BCUT2D eigenvalue weighted by Gasteiger charge is -2.14. The first kappa shape index (κ1) is 22.7. The van der Waals surface area contributed by atoms with E-state index in [0.29, 0.717) is 23.0 Å². The predicted octanol–water partition coefficient (Wildman–Crippen LogP) is 5.91. The molecule has 3 rings (SSSR count). The maximum Gasteiger partial charge on any atom is 0.417 e. The molecule has 1 aromatic heterocycles. The van der Waals surface area contributed by atoms with Gasteiger partial charge in [0.25, 0.3) is 5.91 Å². The van der Waals surface area contributed by atoms with Gasteiger partial charge >= 0.3 is 6.18 Å². The van der Waals surface area contributed by atoms with Crippen LogP contribution in [0.4, 0.5) is 18.9 Å². The number of nitrogens with zero attached hydrogens (tertiary/aromatic N) is 1. The lowest BCUT2D eigenvalue weighted by atomic mass is 10.1. The zero-order valence-corrected chi connectivity index (χ0v) is 18.3. The average molecular weight is 499 g/mol. The molecule has 164 valence electrons. The first-order chi connectivity index (χ1) is 14.6. The van der Waals surface area contributed by atoms with Crippen molar-refractivity contribution in [2.24, 2.45) is 0 Å². The highest BCUT2D eigenvalue weighted by Gasteiger charge is 2.33. The summed E-state index contributed by atoms with van der Waals surface area (Å²) in [6, 6.07) is 7.95. The second-order valence-corrected chi connectivity index (χ2v) is 7.46. The third kappa shape index (κ3) is 5.19. The first-order valence-electron chi connectivity index (χ1n) is 9.01. The van der Waals surface area contributed by atoms with Crippen molar-refractivity contribution < 1.29 is 32.0 Å². The summed E-state index contributed by atoms with van der Waals surface area (Å²) >= 11 is 2.87. The zero-order chi connectivity index (χ0) is 22.8. The van der Waals surface area contributed by atoms with Crippen LogP contribution in [-0.2, 0) is 12.8 Å². The molecule has 0 saturated carbocycles. The van der Waals surface area contributed by atoms with Gasteiger partial charge in [-0.1, -0.05) is 21.1 Å². The van der Waals surface area contributed by atoms with Crippen molar-refractivity contribution in [2.45, 2.75) is 26.6 Å². The Hall–Kier alpha value is -3.01. The summed E-state index contributed by atoms with van der Waals surface area (Å²) in [6.07, 6.45) is -4.55. The molecule has 31 heavy (non-hydrogen) atoms. The first-order valence-corrected chi connectivity index (χ1v) is 9.80. The van der Waals surface area contributed by atoms with Crippen molar-refractivity contribution in [2.75, 3.05) is 12.4 Å². The van der Waals surface area contributed by atoms with Gasteiger partial charge in [-0.3, -0.25) is 4.79 Å². The highest BCUT2D eigenvalue weighted by Crippen LogP contribution is 2.36. The van der Waals surface area contributed by atoms with Gasteiger partial charge in [0.2, 0.25) is 0 Å². The Morgan fingerprint density at radius 2 is 1.90 bits per heavy atom. The third-order valence-corrected chi connectivity index (χ3v) is 5.20. The van der Waals surface area contributed by atoms with Gasteiger partial charge in [-0.15, -0.1) is 0 Å². The highest BCUT2D eigenvalue weighted by atomic mass is 79.9. The average Bonchev–Trinajstić information content (AvgIpc) is 3.04. The van der Waals surface area contributed by atoms with E-state index in [0.717, 1.165) is 11.6 Å². The normalized spacial score (nSPS) is 11.3. The van der Waals surface area contributed by atoms with Crippen LogP contribution in [0.15, 0.2) is 45.4 Å². The van der Waals surface area contributed by atoms with Crippen LogP contribution in [0.2, 0.25) is 0 Å². The van der Waals surface area contributed by atoms with Crippen molar-refractivity contribution in [1.29, 1.82) is 0 Å². The monoisotopic (exact) mass is 498 g/mol. The third-order valence-electron chi connectivity index (χ3n) is 4.51. The SMILES string of the molecule is COc1cc(C(=O)Nc2ccc(Br)c(C(F)(F)F)c2)ccc1OCc1c(C)noc1C. The molecule has 0 atom stereocenters. The minimum Gasteiger partial charge on any atom is -0.493 e. The molecule has 10 heteroatoms. The van der Waals surface area contributed by atoms with Gasteiger partial charge in [0.05, 0.1) is 23.9 Å². The highest BCUT2D eigenvalue weighted by molar-refractivity contribution is 9.10. The second kappa shape index (κ2) is 9.01. The van der Waals surface area contributed by atoms with Gasteiger partial charge in [-0.05, 0) is 50.2 Å². The zero-order valence-electron chi connectivity index (χ0n) is 16.8. The maximum atomic E-state index is 13.1. The van der Waals surface area contributed by atoms with E-state index in [2.05, 4.69) is 26.4 Å². The number of amides is 1. The van der Waals surface area contributed by atoms with E-state index in [9.17, 15) is 18.0 Å². The maximum absolute atomic E-state index is 13.1. The predicted molar refractivity (Wildman–Crippen MR) is 110 cm³/mol. The van der Waals surface area contributed by atoms with Crippen LogP contribution in [-0.4, -0.2) is 18.2 Å². The molecule has 0 aliphatic rings. The Balaban J connectivity index is 1.77. The van der Waals surface area contributed by atoms with Gasteiger partial charge in [0, 0.05) is 15.7 Å². The molecular weight excluding hydrogens is 481 g/mol. The Labute approximate surface area is 184 Å². The lowest BCUT2D eigenvalue weighted by molar-refractivity contribution is -0.138. The standard InChI is InChI=1S/C21H18BrF3N2O4/c1-11-15(12(2)31-27-11)10-30-18-7-4-13(8-19(18)29-3)20(28)26-14-5-6-17(22)16(9-14)21(23,24)25/h4-9H,10H2,1-3H3,(H,26,28). The molecule has 0 bridgehead atoms. The fourth-order valence-corrected chi connectivity index (χ4v) is 3.28. The number of nitrogens with one attached hydrogen (secondary N) is 1. The number of ether oxygens (including phenoxy) is 2. The van der Waals surface area contributed by atoms with E-state index < -0.39 is 17.6 Å². The molecule has 0 saturated heterocycles. The molecule has 1 heterocycles. The molecule has 1 N–H and O–H groups in total. The van der Waals surface area contributed by atoms with Gasteiger partial charge < -0.3 is 19.3 Å². The number of carbonyl (C=O) groups is 1. The Kier molecular flexibility index (Phi) is 6.59.